The third-order valence-electron chi connectivity index (χ3n) is 4.51. The van der Waals surface area contributed by atoms with E-state index in [4.69, 9.17) is 0 Å². The summed E-state index contributed by atoms with van der Waals surface area (Å²) in [4.78, 5) is 21.2. The number of rotatable bonds is 2. The molecular weight excluding hydrogens is 274 g/mol. The van der Waals surface area contributed by atoms with E-state index in [1.165, 1.54) is 11.3 Å². The molecule has 0 saturated carbocycles. The summed E-state index contributed by atoms with van der Waals surface area (Å²) in [7, 11) is 0. The molecule has 1 saturated heterocycles. The second kappa shape index (κ2) is 5.44. The van der Waals surface area contributed by atoms with Crippen molar-refractivity contribution >= 4 is 17.4 Å². The summed E-state index contributed by atoms with van der Waals surface area (Å²) >= 11 is 0. The Balaban J connectivity index is 1.64. The maximum Gasteiger partial charge on any atom is 0.272 e. The van der Waals surface area contributed by atoms with Crippen molar-refractivity contribution in [2.45, 2.75) is 19.3 Å². The monoisotopic (exact) mass is 293 g/mol. The molecular formula is C18H19N3O. The molecule has 0 atom stereocenters. The molecule has 22 heavy (non-hydrogen) atoms. The Morgan fingerprint density at radius 3 is 2.64 bits per heavy atom. The van der Waals surface area contributed by atoms with E-state index >= 15 is 0 Å². The third-order valence-corrected chi connectivity index (χ3v) is 4.51. The van der Waals surface area contributed by atoms with Crippen molar-refractivity contribution in [1.82, 2.24) is 9.88 Å². The molecule has 0 bridgehead atoms. The first-order valence-corrected chi connectivity index (χ1v) is 7.95. The SMILES string of the molecule is O=C(c1cccc(N2CCc3ccccc32)n1)N1CCCC1. The van der Waals surface area contributed by atoms with Crippen molar-refractivity contribution in [1.29, 1.82) is 0 Å². The lowest BCUT2D eigenvalue weighted by atomic mass is 10.2. The van der Waals surface area contributed by atoms with Crippen LogP contribution in [0.2, 0.25) is 0 Å². The Labute approximate surface area is 130 Å². The van der Waals surface area contributed by atoms with Gasteiger partial charge in [0.15, 0.2) is 0 Å². The lowest BCUT2D eigenvalue weighted by molar-refractivity contribution is 0.0787. The Bertz CT molecular complexity index is 707. The minimum Gasteiger partial charge on any atom is -0.337 e. The number of nitrogens with zero attached hydrogens (tertiary/aromatic N) is 3. The summed E-state index contributed by atoms with van der Waals surface area (Å²) in [5.41, 5.74) is 3.12. The number of carbonyl (C=O) groups excluding carboxylic acids is 1. The van der Waals surface area contributed by atoms with Crippen LogP contribution in [0.5, 0.6) is 0 Å². The lowest BCUT2D eigenvalue weighted by Crippen LogP contribution is -2.28. The predicted molar refractivity (Wildman–Crippen MR) is 86.5 cm³/mol. The van der Waals surface area contributed by atoms with Crippen LogP contribution in [0.25, 0.3) is 0 Å². The molecule has 3 heterocycles. The van der Waals surface area contributed by atoms with E-state index < -0.39 is 0 Å². The lowest BCUT2D eigenvalue weighted by Gasteiger charge is -2.20. The fourth-order valence-electron chi connectivity index (χ4n) is 3.35. The number of fused-ring (bicyclic) bond motifs is 1. The van der Waals surface area contributed by atoms with Gasteiger partial charge < -0.3 is 9.80 Å². The van der Waals surface area contributed by atoms with E-state index in [2.05, 4.69) is 34.1 Å². The third kappa shape index (κ3) is 2.25. The van der Waals surface area contributed by atoms with E-state index in [-0.39, 0.29) is 5.91 Å². The summed E-state index contributed by atoms with van der Waals surface area (Å²) in [5, 5.41) is 0. The summed E-state index contributed by atoms with van der Waals surface area (Å²) in [5.74, 6) is 0.932. The Kier molecular flexibility index (Phi) is 3.29. The minimum atomic E-state index is 0.0619. The number of pyridine rings is 1. The maximum atomic E-state index is 12.5. The van der Waals surface area contributed by atoms with Crippen LogP contribution < -0.4 is 4.90 Å². The number of carbonyl (C=O) groups is 1. The van der Waals surface area contributed by atoms with Crippen LogP contribution in [0.1, 0.15) is 28.9 Å². The molecule has 4 heteroatoms. The number of likely N-dealkylation sites (tertiary alicyclic amines) is 1. The largest absolute Gasteiger partial charge is 0.337 e. The second-order valence-corrected chi connectivity index (χ2v) is 5.91. The molecule has 0 aliphatic carbocycles. The summed E-state index contributed by atoms with van der Waals surface area (Å²) < 4.78 is 0. The standard InChI is InChI=1S/C18H19N3O/c22-18(20-11-3-4-12-20)15-7-5-9-17(19-15)21-13-10-14-6-1-2-8-16(14)21/h1-2,5-9H,3-4,10-13H2. The molecule has 0 radical (unpaired) electrons. The number of hydrogen-bond acceptors (Lipinski definition) is 3. The average Bonchev–Trinajstić information content (AvgIpc) is 3.24. The second-order valence-electron chi connectivity index (χ2n) is 5.91. The summed E-state index contributed by atoms with van der Waals surface area (Å²) in [6, 6.07) is 14.2. The van der Waals surface area contributed by atoms with Gasteiger partial charge in [0.2, 0.25) is 0 Å². The fraction of sp³-hybridized carbons (Fsp3) is 0.333. The van der Waals surface area contributed by atoms with Crippen molar-refractivity contribution in [3.63, 3.8) is 0 Å². The molecule has 0 spiro atoms. The van der Waals surface area contributed by atoms with E-state index in [0.29, 0.717) is 5.69 Å². The van der Waals surface area contributed by atoms with Crippen molar-refractivity contribution < 1.29 is 4.79 Å². The molecule has 2 aromatic rings. The van der Waals surface area contributed by atoms with E-state index in [0.717, 1.165) is 44.7 Å². The number of para-hydroxylation sites is 1. The zero-order valence-corrected chi connectivity index (χ0v) is 12.5. The zero-order valence-electron chi connectivity index (χ0n) is 12.5. The molecule has 0 unspecified atom stereocenters. The minimum absolute atomic E-state index is 0.0619. The van der Waals surface area contributed by atoms with E-state index in [1.54, 1.807) is 0 Å². The van der Waals surface area contributed by atoms with Gasteiger partial charge in [0.25, 0.3) is 5.91 Å². The molecule has 2 aliphatic rings. The van der Waals surface area contributed by atoms with Crippen LogP contribution in [0.15, 0.2) is 42.5 Å². The quantitative estimate of drug-likeness (QED) is 0.854. The number of benzene rings is 1. The van der Waals surface area contributed by atoms with Gasteiger partial charge in [0.05, 0.1) is 0 Å². The van der Waals surface area contributed by atoms with E-state index in [1.807, 2.05) is 23.1 Å². The first kappa shape index (κ1) is 13.3. The van der Waals surface area contributed by atoms with Gasteiger partial charge in [-0.2, -0.15) is 0 Å². The van der Waals surface area contributed by atoms with Gasteiger partial charge in [-0.15, -0.1) is 0 Å². The number of anilines is 2. The van der Waals surface area contributed by atoms with Crippen molar-refractivity contribution in [3.8, 4) is 0 Å². The van der Waals surface area contributed by atoms with Crippen molar-refractivity contribution in [2.75, 3.05) is 24.5 Å². The smallest absolute Gasteiger partial charge is 0.272 e. The predicted octanol–water partition coefficient (Wildman–Crippen LogP) is 3.01. The van der Waals surface area contributed by atoms with Gasteiger partial charge in [0, 0.05) is 25.3 Å². The van der Waals surface area contributed by atoms with Gasteiger partial charge in [-0.1, -0.05) is 24.3 Å². The highest BCUT2D eigenvalue weighted by atomic mass is 16.2. The van der Waals surface area contributed by atoms with Crippen molar-refractivity contribution in [3.05, 3.63) is 53.7 Å². The van der Waals surface area contributed by atoms with Gasteiger partial charge in [0.1, 0.15) is 11.5 Å². The molecule has 2 aliphatic heterocycles. The number of aromatic nitrogens is 1. The molecule has 0 N–H and O–H groups in total. The molecule has 1 aromatic carbocycles. The molecule has 112 valence electrons. The normalized spacial score (nSPS) is 16.9. The number of hydrogen-bond donors (Lipinski definition) is 0. The van der Waals surface area contributed by atoms with Gasteiger partial charge in [-0.25, -0.2) is 4.98 Å². The highest BCUT2D eigenvalue weighted by Crippen LogP contribution is 2.33. The van der Waals surface area contributed by atoms with Crippen LogP contribution in [0, 0.1) is 0 Å². The van der Waals surface area contributed by atoms with Crippen LogP contribution in [-0.4, -0.2) is 35.4 Å². The van der Waals surface area contributed by atoms with Crippen LogP contribution >= 0.6 is 0 Å². The molecule has 1 fully saturated rings. The molecule has 1 amide bonds. The summed E-state index contributed by atoms with van der Waals surface area (Å²) in [6.07, 6.45) is 3.23. The van der Waals surface area contributed by atoms with Crippen LogP contribution in [-0.2, 0) is 6.42 Å². The number of amides is 1. The Morgan fingerprint density at radius 2 is 1.77 bits per heavy atom. The highest BCUT2D eigenvalue weighted by molar-refractivity contribution is 5.93. The van der Waals surface area contributed by atoms with Crippen molar-refractivity contribution in [2.24, 2.45) is 0 Å². The summed E-state index contributed by atoms with van der Waals surface area (Å²) in [6.45, 7) is 2.64. The molecule has 1 aromatic heterocycles. The fourth-order valence-corrected chi connectivity index (χ4v) is 3.35. The molecule has 4 nitrogen and oxygen atoms in total. The highest BCUT2D eigenvalue weighted by Gasteiger charge is 2.24. The Morgan fingerprint density at radius 1 is 0.955 bits per heavy atom. The zero-order chi connectivity index (χ0) is 14.9. The Hall–Kier alpha value is -2.36. The van der Waals surface area contributed by atoms with E-state index in [9.17, 15) is 4.79 Å². The van der Waals surface area contributed by atoms with Crippen LogP contribution in [0.3, 0.4) is 0 Å². The molecule has 4 rings (SSSR count). The van der Waals surface area contributed by atoms with Gasteiger partial charge in [-0.3, -0.25) is 4.79 Å². The van der Waals surface area contributed by atoms with Gasteiger partial charge >= 0.3 is 0 Å². The van der Waals surface area contributed by atoms with Gasteiger partial charge in [-0.05, 0) is 43.0 Å². The maximum absolute atomic E-state index is 12.5. The topological polar surface area (TPSA) is 36.4 Å². The first-order valence-electron chi connectivity index (χ1n) is 7.95. The first-order chi connectivity index (χ1) is 10.8. The van der Waals surface area contributed by atoms with Crippen LogP contribution in [0.4, 0.5) is 11.5 Å². The average molecular weight is 293 g/mol.